The number of hydrogen-bond acceptors (Lipinski definition) is 2. The van der Waals surface area contributed by atoms with Crippen molar-refractivity contribution >= 4 is 0 Å². The van der Waals surface area contributed by atoms with Gasteiger partial charge in [-0.1, -0.05) is 26.0 Å². The van der Waals surface area contributed by atoms with Crippen LogP contribution in [0.3, 0.4) is 0 Å². The van der Waals surface area contributed by atoms with Gasteiger partial charge in [0.25, 0.3) is 0 Å². The lowest BCUT2D eigenvalue weighted by atomic mass is 9.97. The Hall–Kier alpha value is -2.52. The van der Waals surface area contributed by atoms with Crippen molar-refractivity contribution in [2.45, 2.75) is 26.7 Å². The van der Waals surface area contributed by atoms with E-state index in [9.17, 15) is 5.26 Å². The first-order valence-corrected chi connectivity index (χ1v) is 6.21. The van der Waals surface area contributed by atoms with Gasteiger partial charge in [0.05, 0.1) is 17.2 Å². The van der Waals surface area contributed by atoms with Gasteiger partial charge in [-0.3, -0.25) is 0 Å². The van der Waals surface area contributed by atoms with Gasteiger partial charge in [-0.25, -0.2) is 0 Å². The molecule has 0 spiro atoms. The zero-order chi connectivity index (χ0) is 14.0. The zero-order valence-corrected chi connectivity index (χ0v) is 11.3. The molecule has 94 valence electrons. The van der Waals surface area contributed by atoms with Gasteiger partial charge in [0.2, 0.25) is 0 Å². The van der Waals surface area contributed by atoms with Crippen LogP contribution in [-0.2, 0) is 0 Å². The number of benzene rings is 1. The summed E-state index contributed by atoms with van der Waals surface area (Å²) >= 11 is 0. The Kier molecular flexibility index (Phi) is 3.40. The molecule has 0 aliphatic heterocycles. The van der Waals surface area contributed by atoms with Crippen molar-refractivity contribution < 1.29 is 0 Å². The molecule has 0 aliphatic carbocycles. The van der Waals surface area contributed by atoms with Crippen LogP contribution >= 0.6 is 0 Å². The van der Waals surface area contributed by atoms with Gasteiger partial charge >= 0.3 is 0 Å². The van der Waals surface area contributed by atoms with Crippen molar-refractivity contribution in [3.63, 3.8) is 0 Å². The molecule has 0 saturated carbocycles. The van der Waals surface area contributed by atoms with Crippen LogP contribution in [0.2, 0.25) is 0 Å². The molecule has 0 fully saturated rings. The fraction of sp³-hybridized carbons (Fsp3) is 0.250. The standard InChI is InChI=1S/C16H15N3/c1-10(2)16-14(9-18)15(11(3)19-16)13-6-4-12(8-17)5-7-13/h4-7,10,19H,1-3H3. The van der Waals surface area contributed by atoms with Crippen molar-refractivity contribution in [1.82, 2.24) is 4.98 Å². The SMILES string of the molecule is Cc1[nH]c(C(C)C)c(C#N)c1-c1ccc(C#N)cc1. The molecule has 0 unspecified atom stereocenters. The highest BCUT2D eigenvalue weighted by atomic mass is 14.7. The molecule has 0 aliphatic rings. The predicted molar refractivity (Wildman–Crippen MR) is 74.5 cm³/mol. The Morgan fingerprint density at radius 1 is 1.05 bits per heavy atom. The molecule has 3 nitrogen and oxygen atoms in total. The molecule has 19 heavy (non-hydrogen) atoms. The molecule has 3 heteroatoms. The van der Waals surface area contributed by atoms with Crippen molar-refractivity contribution in [1.29, 1.82) is 10.5 Å². The van der Waals surface area contributed by atoms with Crippen molar-refractivity contribution in [2.75, 3.05) is 0 Å². The summed E-state index contributed by atoms with van der Waals surface area (Å²) in [6.45, 7) is 6.10. The fourth-order valence-electron chi connectivity index (χ4n) is 2.27. The van der Waals surface area contributed by atoms with Crippen LogP contribution < -0.4 is 0 Å². The van der Waals surface area contributed by atoms with E-state index in [0.29, 0.717) is 11.1 Å². The highest BCUT2D eigenvalue weighted by molar-refractivity contribution is 5.75. The summed E-state index contributed by atoms with van der Waals surface area (Å²) < 4.78 is 0. The number of aromatic nitrogens is 1. The maximum absolute atomic E-state index is 9.40. The van der Waals surface area contributed by atoms with E-state index in [1.165, 1.54) is 0 Å². The number of rotatable bonds is 2. The second-order valence-corrected chi connectivity index (χ2v) is 4.87. The predicted octanol–water partition coefficient (Wildman–Crippen LogP) is 3.86. The van der Waals surface area contributed by atoms with Crippen LogP contribution in [0.1, 0.15) is 42.3 Å². The number of nitrogens with one attached hydrogen (secondary N) is 1. The molecule has 0 saturated heterocycles. The summed E-state index contributed by atoms with van der Waals surface area (Å²) in [5, 5.41) is 18.2. The summed E-state index contributed by atoms with van der Waals surface area (Å²) in [4.78, 5) is 3.30. The maximum atomic E-state index is 9.40. The van der Waals surface area contributed by atoms with Crippen LogP contribution in [0.15, 0.2) is 24.3 Å². The summed E-state index contributed by atoms with van der Waals surface area (Å²) in [5.41, 5.74) is 5.20. The minimum absolute atomic E-state index is 0.278. The Labute approximate surface area is 113 Å². The van der Waals surface area contributed by atoms with E-state index in [1.54, 1.807) is 12.1 Å². The molecule has 1 N–H and O–H groups in total. The number of nitriles is 2. The normalized spacial score (nSPS) is 10.2. The highest BCUT2D eigenvalue weighted by Crippen LogP contribution is 2.32. The lowest BCUT2D eigenvalue weighted by Gasteiger charge is -2.03. The zero-order valence-electron chi connectivity index (χ0n) is 11.3. The van der Waals surface area contributed by atoms with Gasteiger partial charge in [0, 0.05) is 17.0 Å². The van der Waals surface area contributed by atoms with Crippen LogP contribution in [0.25, 0.3) is 11.1 Å². The van der Waals surface area contributed by atoms with Crippen LogP contribution in [0.4, 0.5) is 0 Å². The third kappa shape index (κ3) is 2.23. The maximum Gasteiger partial charge on any atom is 0.102 e. The first kappa shape index (κ1) is 12.9. The molecule has 1 aromatic carbocycles. The summed E-state index contributed by atoms with van der Waals surface area (Å²) in [6.07, 6.45) is 0. The molecule has 0 atom stereocenters. The quantitative estimate of drug-likeness (QED) is 0.878. The smallest absolute Gasteiger partial charge is 0.102 e. The molecule has 0 bridgehead atoms. The van der Waals surface area contributed by atoms with E-state index in [1.807, 2.05) is 19.1 Å². The number of aromatic amines is 1. The summed E-state index contributed by atoms with van der Waals surface area (Å²) in [7, 11) is 0. The van der Waals surface area contributed by atoms with Crippen molar-refractivity contribution in [3.8, 4) is 23.3 Å². The minimum atomic E-state index is 0.278. The molecule has 2 rings (SSSR count). The molecule has 2 aromatic rings. The molecular weight excluding hydrogens is 234 g/mol. The fourth-order valence-corrected chi connectivity index (χ4v) is 2.27. The first-order chi connectivity index (χ1) is 9.08. The number of H-pyrrole nitrogens is 1. The van der Waals surface area contributed by atoms with Gasteiger partial charge < -0.3 is 4.98 Å². The second-order valence-electron chi connectivity index (χ2n) is 4.87. The van der Waals surface area contributed by atoms with Gasteiger partial charge in [-0.15, -0.1) is 0 Å². The van der Waals surface area contributed by atoms with Gasteiger partial charge in [0.1, 0.15) is 6.07 Å². The highest BCUT2D eigenvalue weighted by Gasteiger charge is 2.18. The minimum Gasteiger partial charge on any atom is -0.361 e. The molecule has 1 aromatic heterocycles. The summed E-state index contributed by atoms with van der Waals surface area (Å²) in [6, 6.07) is 11.7. The average molecular weight is 249 g/mol. The van der Waals surface area contributed by atoms with E-state index in [4.69, 9.17) is 5.26 Å². The Balaban J connectivity index is 2.62. The van der Waals surface area contributed by atoms with E-state index in [0.717, 1.165) is 22.5 Å². The van der Waals surface area contributed by atoms with Crippen molar-refractivity contribution in [3.05, 3.63) is 46.8 Å². The molecule has 1 heterocycles. The number of nitrogens with zero attached hydrogens (tertiary/aromatic N) is 2. The molecule has 0 radical (unpaired) electrons. The van der Waals surface area contributed by atoms with Gasteiger partial charge in [-0.2, -0.15) is 10.5 Å². The van der Waals surface area contributed by atoms with Crippen LogP contribution in [0.5, 0.6) is 0 Å². The van der Waals surface area contributed by atoms with Crippen molar-refractivity contribution in [2.24, 2.45) is 0 Å². The third-order valence-corrected chi connectivity index (χ3v) is 3.21. The third-order valence-electron chi connectivity index (χ3n) is 3.21. The molecule has 0 amide bonds. The van der Waals surface area contributed by atoms with E-state index < -0.39 is 0 Å². The van der Waals surface area contributed by atoms with Crippen LogP contribution in [0, 0.1) is 29.6 Å². The number of hydrogen-bond donors (Lipinski definition) is 1. The average Bonchev–Trinajstić information content (AvgIpc) is 2.76. The lowest BCUT2D eigenvalue weighted by molar-refractivity contribution is 0.825. The topological polar surface area (TPSA) is 63.4 Å². The van der Waals surface area contributed by atoms with E-state index in [2.05, 4.69) is 31.0 Å². The second kappa shape index (κ2) is 5.00. The van der Waals surface area contributed by atoms with Gasteiger partial charge in [0.15, 0.2) is 0 Å². The summed E-state index contributed by atoms with van der Waals surface area (Å²) in [5.74, 6) is 0.278. The number of aryl methyl sites for hydroxylation is 1. The lowest BCUT2D eigenvalue weighted by Crippen LogP contribution is -1.91. The van der Waals surface area contributed by atoms with Gasteiger partial charge in [-0.05, 0) is 30.5 Å². The van der Waals surface area contributed by atoms with E-state index in [-0.39, 0.29) is 5.92 Å². The van der Waals surface area contributed by atoms with E-state index >= 15 is 0 Å². The first-order valence-electron chi connectivity index (χ1n) is 6.21. The van der Waals surface area contributed by atoms with Crippen LogP contribution in [-0.4, -0.2) is 4.98 Å². The Morgan fingerprint density at radius 2 is 1.68 bits per heavy atom. The Morgan fingerprint density at radius 3 is 2.16 bits per heavy atom. The monoisotopic (exact) mass is 249 g/mol. The molecular formula is C16H15N3. The Bertz CT molecular complexity index is 677. The largest absolute Gasteiger partial charge is 0.361 e.